The zero-order chi connectivity index (χ0) is 20.4. The normalized spacial score (nSPS) is 16.6. The van der Waals surface area contributed by atoms with Crippen LogP contribution in [0.15, 0.2) is 60.1 Å². The summed E-state index contributed by atoms with van der Waals surface area (Å²) >= 11 is 0. The van der Waals surface area contributed by atoms with Crippen LogP contribution in [0.1, 0.15) is 32.4 Å². The number of rotatable bonds is 5. The molecule has 0 saturated heterocycles. The third kappa shape index (κ3) is 3.51. The number of hydrogen-bond acceptors (Lipinski definition) is 5. The first-order valence-corrected chi connectivity index (χ1v) is 8.89. The van der Waals surface area contributed by atoms with Gasteiger partial charge in [-0.05, 0) is 35.9 Å². The van der Waals surface area contributed by atoms with E-state index in [0.29, 0.717) is 16.9 Å². The largest absolute Gasteiger partial charge is 0.503 e. The molecule has 0 spiro atoms. The van der Waals surface area contributed by atoms with E-state index in [9.17, 15) is 19.5 Å². The van der Waals surface area contributed by atoms with E-state index in [1.165, 1.54) is 11.8 Å². The maximum Gasteiger partial charge on any atom is 0.294 e. The minimum absolute atomic E-state index is 0.0659. The Kier molecular flexibility index (Phi) is 5.26. The Labute approximate surface area is 162 Å². The van der Waals surface area contributed by atoms with Crippen molar-refractivity contribution in [3.8, 4) is 0 Å². The summed E-state index contributed by atoms with van der Waals surface area (Å²) in [4.78, 5) is 42.5. The summed E-state index contributed by atoms with van der Waals surface area (Å²) in [5, 5.41) is 13.2. The highest BCUT2D eigenvalue weighted by molar-refractivity contribution is 6.17. The lowest BCUT2D eigenvalue weighted by Gasteiger charge is -2.27. The molecule has 3 rings (SSSR count). The van der Waals surface area contributed by atoms with Crippen LogP contribution in [0.4, 0.5) is 11.4 Å². The molecular formula is C21H21N3O4. The number of aliphatic hydroxyl groups excluding tert-OH is 1. The van der Waals surface area contributed by atoms with Crippen LogP contribution in [0.25, 0.3) is 0 Å². The third-order valence-corrected chi connectivity index (χ3v) is 4.46. The highest BCUT2D eigenvalue weighted by Crippen LogP contribution is 2.42. The Balaban J connectivity index is 2.14. The second-order valence-corrected chi connectivity index (χ2v) is 6.87. The predicted octanol–water partition coefficient (Wildman–Crippen LogP) is 3.17. The predicted molar refractivity (Wildman–Crippen MR) is 105 cm³/mol. The van der Waals surface area contributed by atoms with Crippen molar-refractivity contribution in [3.63, 3.8) is 0 Å². The van der Waals surface area contributed by atoms with Gasteiger partial charge in [0.25, 0.3) is 5.91 Å². The van der Waals surface area contributed by atoms with Crippen LogP contribution < -0.4 is 10.2 Å². The van der Waals surface area contributed by atoms with Crippen LogP contribution in [-0.2, 0) is 14.4 Å². The number of ketones is 1. The number of aliphatic hydroxyl groups is 1. The summed E-state index contributed by atoms with van der Waals surface area (Å²) in [6, 6.07) is 9.33. The zero-order valence-corrected chi connectivity index (χ0v) is 15.8. The van der Waals surface area contributed by atoms with Crippen LogP contribution in [0.5, 0.6) is 0 Å². The van der Waals surface area contributed by atoms with Crippen molar-refractivity contribution in [2.45, 2.75) is 26.8 Å². The third-order valence-electron chi connectivity index (χ3n) is 4.46. The number of carbonyl (C=O) groups excluding carboxylic acids is 3. The van der Waals surface area contributed by atoms with E-state index < -0.39 is 17.7 Å². The Bertz CT molecular complexity index is 967. The molecule has 1 unspecified atom stereocenters. The van der Waals surface area contributed by atoms with Crippen LogP contribution in [0.3, 0.4) is 0 Å². The van der Waals surface area contributed by atoms with Gasteiger partial charge in [0.2, 0.25) is 5.91 Å². The first-order chi connectivity index (χ1) is 13.3. The lowest BCUT2D eigenvalue weighted by atomic mass is 9.91. The number of Topliss-reactive ketones (excluding diaryl/α,β-unsaturated/α-hetero) is 1. The number of nitrogens with zero attached hydrogens (tertiary/aromatic N) is 2. The summed E-state index contributed by atoms with van der Waals surface area (Å²) in [6.07, 6.45) is 3.14. The summed E-state index contributed by atoms with van der Waals surface area (Å²) < 4.78 is 0. The molecule has 1 aromatic heterocycles. The van der Waals surface area contributed by atoms with Gasteiger partial charge in [-0.25, -0.2) is 0 Å². The molecule has 0 fully saturated rings. The molecule has 0 radical (unpaired) electrons. The topological polar surface area (TPSA) is 99.6 Å². The first-order valence-electron chi connectivity index (χ1n) is 8.89. The fourth-order valence-corrected chi connectivity index (χ4v) is 3.23. The van der Waals surface area contributed by atoms with Crippen molar-refractivity contribution in [3.05, 3.63) is 65.7 Å². The number of anilines is 2. The Morgan fingerprint density at radius 3 is 2.46 bits per heavy atom. The van der Waals surface area contributed by atoms with Crippen molar-refractivity contribution in [1.29, 1.82) is 0 Å². The quantitative estimate of drug-likeness (QED) is 0.831. The van der Waals surface area contributed by atoms with Gasteiger partial charge in [-0.1, -0.05) is 19.9 Å². The van der Waals surface area contributed by atoms with Crippen molar-refractivity contribution >= 4 is 29.0 Å². The van der Waals surface area contributed by atoms with E-state index in [-0.39, 0.29) is 23.2 Å². The molecule has 1 aliphatic rings. The Morgan fingerprint density at radius 2 is 1.86 bits per heavy atom. The smallest absolute Gasteiger partial charge is 0.294 e. The fraction of sp³-hybridized carbons (Fsp3) is 0.238. The van der Waals surface area contributed by atoms with Crippen LogP contribution in [0.2, 0.25) is 0 Å². The zero-order valence-electron chi connectivity index (χ0n) is 15.8. The SMILES string of the molecule is CC(=O)Nc1cccc(N2C(=O)C(O)=C(C(=O)C(C)C)C2c2ccncc2)c1. The van der Waals surface area contributed by atoms with Gasteiger partial charge in [-0.15, -0.1) is 0 Å². The number of amides is 2. The van der Waals surface area contributed by atoms with Gasteiger partial charge >= 0.3 is 0 Å². The summed E-state index contributed by atoms with van der Waals surface area (Å²) in [6.45, 7) is 4.83. The molecule has 1 aliphatic heterocycles. The molecule has 144 valence electrons. The monoisotopic (exact) mass is 379 g/mol. The second-order valence-electron chi connectivity index (χ2n) is 6.87. The molecular weight excluding hydrogens is 358 g/mol. The molecule has 0 aliphatic carbocycles. The summed E-state index contributed by atoms with van der Waals surface area (Å²) in [7, 11) is 0. The molecule has 2 amide bonds. The van der Waals surface area contributed by atoms with Gasteiger partial charge in [-0.2, -0.15) is 0 Å². The number of hydrogen-bond donors (Lipinski definition) is 2. The van der Waals surface area contributed by atoms with Crippen LogP contribution in [-0.4, -0.2) is 27.7 Å². The average Bonchev–Trinajstić information content (AvgIpc) is 2.92. The van der Waals surface area contributed by atoms with E-state index in [4.69, 9.17) is 0 Å². The van der Waals surface area contributed by atoms with Crippen molar-refractivity contribution in [2.75, 3.05) is 10.2 Å². The molecule has 1 aromatic carbocycles. The lowest BCUT2D eigenvalue weighted by Crippen LogP contribution is -2.31. The number of nitrogens with one attached hydrogen (secondary N) is 1. The van der Waals surface area contributed by atoms with Gasteiger partial charge in [0.05, 0.1) is 11.6 Å². The van der Waals surface area contributed by atoms with Crippen LogP contribution in [0, 0.1) is 5.92 Å². The first kappa shape index (κ1) is 19.3. The Hall–Kier alpha value is -3.48. The highest BCUT2D eigenvalue weighted by Gasteiger charge is 2.44. The molecule has 2 heterocycles. The number of carbonyl (C=O) groups is 3. The Morgan fingerprint density at radius 1 is 1.18 bits per heavy atom. The molecule has 1 atom stereocenters. The van der Waals surface area contributed by atoms with Gasteiger partial charge in [0.15, 0.2) is 11.5 Å². The maximum atomic E-state index is 12.9. The molecule has 0 bridgehead atoms. The minimum atomic E-state index is -0.780. The number of benzene rings is 1. The number of pyridine rings is 1. The molecule has 28 heavy (non-hydrogen) atoms. The van der Waals surface area contributed by atoms with Crippen LogP contribution >= 0.6 is 0 Å². The second kappa shape index (κ2) is 7.64. The van der Waals surface area contributed by atoms with Gasteiger partial charge in [0.1, 0.15) is 0 Å². The lowest BCUT2D eigenvalue weighted by molar-refractivity contribution is -0.119. The van der Waals surface area contributed by atoms with Crippen molar-refractivity contribution < 1.29 is 19.5 Å². The molecule has 7 heteroatoms. The van der Waals surface area contributed by atoms with Crippen molar-refractivity contribution in [1.82, 2.24) is 4.98 Å². The molecule has 2 aromatic rings. The van der Waals surface area contributed by atoms with Gasteiger partial charge in [0, 0.05) is 36.6 Å². The van der Waals surface area contributed by atoms with Crippen molar-refractivity contribution in [2.24, 2.45) is 5.92 Å². The molecule has 0 saturated carbocycles. The van der Waals surface area contributed by atoms with E-state index >= 15 is 0 Å². The van der Waals surface area contributed by atoms with E-state index in [1.807, 2.05) is 0 Å². The molecule has 7 nitrogen and oxygen atoms in total. The number of aromatic nitrogens is 1. The van der Waals surface area contributed by atoms with Gasteiger partial charge in [-0.3, -0.25) is 24.3 Å². The van der Waals surface area contributed by atoms with Gasteiger partial charge < -0.3 is 10.4 Å². The maximum absolute atomic E-state index is 12.9. The highest BCUT2D eigenvalue weighted by atomic mass is 16.3. The fourth-order valence-electron chi connectivity index (χ4n) is 3.23. The van der Waals surface area contributed by atoms with E-state index in [0.717, 1.165) is 0 Å². The summed E-state index contributed by atoms with van der Waals surface area (Å²) in [5.74, 6) is -2.14. The van der Waals surface area contributed by atoms with E-state index in [1.54, 1.807) is 62.6 Å². The average molecular weight is 379 g/mol. The standard InChI is InChI=1S/C21H21N3O4/c1-12(2)19(26)17-18(14-7-9-22-10-8-14)24(21(28)20(17)27)16-6-4-5-15(11-16)23-13(3)25/h4-12,18,27H,1-3H3,(H,23,25). The summed E-state index contributed by atoms with van der Waals surface area (Å²) in [5.41, 5.74) is 1.68. The molecule has 2 N–H and O–H groups in total. The minimum Gasteiger partial charge on any atom is -0.503 e. The van der Waals surface area contributed by atoms with E-state index in [2.05, 4.69) is 10.3 Å².